The normalized spacial score (nSPS) is 11.7. The second-order valence-corrected chi connectivity index (χ2v) is 4.68. The number of nitrogens with zero attached hydrogens (tertiary/aromatic N) is 2. The van der Waals surface area contributed by atoms with Crippen molar-refractivity contribution in [2.45, 2.75) is 26.2 Å². The number of anilines is 1. The Bertz CT molecular complexity index is 646. The predicted octanol–water partition coefficient (Wildman–Crippen LogP) is 3.84. The first kappa shape index (κ1) is 13.9. The van der Waals surface area contributed by atoms with E-state index < -0.39 is 0 Å². The Labute approximate surface area is 118 Å². The highest BCUT2D eigenvalue weighted by Crippen LogP contribution is 2.32. The number of para-hydroxylation sites is 1. The maximum atomic E-state index is 9.12. The van der Waals surface area contributed by atoms with E-state index in [9.17, 15) is 0 Å². The molecule has 0 saturated carbocycles. The third kappa shape index (κ3) is 2.89. The summed E-state index contributed by atoms with van der Waals surface area (Å²) >= 11 is 0. The van der Waals surface area contributed by atoms with Gasteiger partial charge < -0.3 is 10.5 Å². The van der Waals surface area contributed by atoms with Gasteiger partial charge in [-0.15, -0.1) is 0 Å². The van der Waals surface area contributed by atoms with Crippen LogP contribution in [0.5, 0.6) is 11.6 Å². The molecule has 4 heteroatoms. The van der Waals surface area contributed by atoms with Crippen LogP contribution in [0.15, 0.2) is 36.5 Å². The summed E-state index contributed by atoms with van der Waals surface area (Å²) in [6, 6.07) is 11.4. The van der Waals surface area contributed by atoms with Gasteiger partial charge in [0, 0.05) is 0 Å². The first-order valence-corrected chi connectivity index (χ1v) is 6.58. The molecule has 0 amide bonds. The zero-order valence-corrected chi connectivity index (χ0v) is 11.6. The monoisotopic (exact) mass is 267 g/mol. The summed E-state index contributed by atoms with van der Waals surface area (Å²) in [5.74, 6) is 1.40. The zero-order valence-electron chi connectivity index (χ0n) is 11.6. The van der Waals surface area contributed by atoms with E-state index in [1.165, 1.54) is 6.20 Å². The van der Waals surface area contributed by atoms with Crippen LogP contribution in [0.4, 0.5) is 5.69 Å². The summed E-state index contributed by atoms with van der Waals surface area (Å²) in [5, 5.41) is 9.12. The second kappa shape index (κ2) is 6.07. The molecule has 2 aromatic rings. The van der Waals surface area contributed by atoms with Gasteiger partial charge in [-0.05, 0) is 30.0 Å². The third-order valence-corrected chi connectivity index (χ3v) is 3.26. The number of aromatic nitrogens is 1. The van der Waals surface area contributed by atoms with Gasteiger partial charge in [-0.1, -0.05) is 32.0 Å². The van der Waals surface area contributed by atoms with Crippen LogP contribution in [0, 0.1) is 11.3 Å². The number of pyridine rings is 1. The molecule has 1 aromatic carbocycles. The number of hydrogen-bond donors (Lipinski definition) is 1. The SMILES string of the molecule is CCC(C)c1ccccc1Oc1ncc(N)cc1C#N. The zero-order chi connectivity index (χ0) is 14.5. The highest BCUT2D eigenvalue weighted by molar-refractivity contribution is 5.50. The average molecular weight is 267 g/mol. The number of nitriles is 1. The molecule has 0 aliphatic carbocycles. The number of ether oxygens (including phenoxy) is 1. The van der Waals surface area contributed by atoms with Gasteiger partial charge in [0.1, 0.15) is 17.4 Å². The summed E-state index contributed by atoms with van der Waals surface area (Å²) in [6.45, 7) is 4.27. The van der Waals surface area contributed by atoms with Crippen molar-refractivity contribution in [1.29, 1.82) is 5.26 Å². The van der Waals surface area contributed by atoms with Crippen molar-refractivity contribution < 1.29 is 4.74 Å². The summed E-state index contributed by atoms with van der Waals surface area (Å²) in [5.41, 5.74) is 7.52. The Morgan fingerprint density at radius 2 is 2.15 bits per heavy atom. The molecule has 1 heterocycles. The maximum absolute atomic E-state index is 9.12. The van der Waals surface area contributed by atoms with Crippen LogP contribution >= 0.6 is 0 Å². The molecule has 0 aliphatic heterocycles. The Balaban J connectivity index is 2.38. The lowest BCUT2D eigenvalue weighted by Crippen LogP contribution is -1.99. The van der Waals surface area contributed by atoms with Gasteiger partial charge in [0.15, 0.2) is 0 Å². The van der Waals surface area contributed by atoms with Crippen molar-refractivity contribution in [2.75, 3.05) is 5.73 Å². The first-order valence-electron chi connectivity index (χ1n) is 6.58. The van der Waals surface area contributed by atoms with Gasteiger partial charge in [0.2, 0.25) is 5.88 Å². The van der Waals surface area contributed by atoms with E-state index in [1.54, 1.807) is 6.07 Å². The van der Waals surface area contributed by atoms with E-state index in [0.717, 1.165) is 17.7 Å². The van der Waals surface area contributed by atoms with Crippen molar-refractivity contribution in [1.82, 2.24) is 4.98 Å². The standard InChI is InChI=1S/C16H17N3O/c1-3-11(2)14-6-4-5-7-15(14)20-16-12(9-17)8-13(18)10-19-16/h4-8,10-11H,3,18H2,1-2H3. The largest absolute Gasteiger partial charge is 0.437 e. The lowest BCUT2D eigenvalue weighted by molar-refractivity contribution is 0.450. The van der Waals surface area contributed by atoms with Crippen molar-refractivity contribution >= 4 is 5.69 Å². The molecule has 1 atom stereocenters. The van der Waals surface area contributed by atoms with Crippen LogP contribution in [-0.4, -0.2) is 4.98 Å². The molecule has 0 fully saturated rings. The van der Waals surface area contributed by atoms with Gasteiger partial charge in [-0.2, -0.15) is 5.26 Å². The summed E-state index contributed by atoms with van der Waals surface area (Å²) in [7, 11) is 0. The van der Waals surface area contributed by atoms with Gasteiger partial charge in [0.25, 0.3) is 0 Å². The highest BCUT2D eigenvalue weighted by atomic mass is 16.5. The van der Waals surface area contributed by atoms with Crippen LogP contribution in [0.2, 0.25) is 0 Å². The predicted molar refractivity (Wildman–Crippen MR) is 78.6 cm³/mol. The van der Waals surface area contributed by atoms with Crippen molar-refractivity contribution in [2.24, 2.45) is 0 Å². The van der Waals surface area contributed by atoms with E-state index in [0.29, 0.717) is 17.2 Å². The molecular weight excluding hydrogens is 250 g/mol. The van der Waals surface area contributed by atoms with Crippen molar-refractivity contribution in [3.63, 3.8) is 0 Å². The van der Waals surface area contributed by atoms with Gasteiger partial charge in [-0.25, -0.2) is 4.98 Å². The van der Waals surface area contributed by atoms with Crippen LogP contribution in [0.1, 0.15) is 37.3 Å². The number of hydrogen-bond acceptors (Lipinski definition) is 4. The molecule has 0 saturated heterocycles. The fourth-order valence-corrected chi connectivity index (χ4v) is 1.93. The van der Waals surface area contributed by atoms with E-state index in [-0.39, 0.29) is 5.88 Å². The molecule has 20 heavy (non-hydrogen) atoms. The fraction of sp³-hybridized carbons (Fsp3) is 0.250. The molecule has 0 spiro atoms. The Hall–Kier alpha value is -2.54. The molecule has 2 N–H and O–H groups in total. The van der Waals surface area contributed by atoms with E-state index in [4.69, 9.17) is 15.7 Å². The third-order valence-electron chi connectivity index (χ3n) is 3.26. The number of benzene rings is 1. The lowest BCUT2D eigenvalue weighted by Gasteiger charge is -2.15. The Kier molecular flexibility index (Phi) is 4.21. The molecule has 1 aromatic heterocycles. The molecule has 0 radical (unpaired) electrons. The van der Waals surface area contributed by atoms with Crippen molar-refractivity contribution in [3.05, 3.63) is 47.7 Å². The quantitative estimate of drug-likeness (QED) is 0.913. The Morgan fingerprint density at radius 3 is 2.85 bits per heavy atom. The maximum Gasteiger partial charge on any atom is 0.237 e. The van der Waals surface area contributed by atoms with E-state index >= 15 is 0 Å². The molecule has 1 unspecified atom stereocenters. The van der Waals surface area contributed by atoms with E-state index in [1.807, 2.05) is 24.3 Å². The van der Waals surface area contributed by atoms with Crippen LogP contribution in [0.25, 0.3) is 0 Å². The highest BCUT2D eigenvalue weighted by Gasteiger charge is 2.13. The van der Waals surface area contributed by atoms with Crippen LogP contribution in [-0.2, 0) is 0 Å². The Morgan fingerprint density at radius 1 is 1.40 bits per heavy atom. The van der Waals surface area contributed by atoms with Crippen LogP contribution < -0.4 is 10.5 Å². The van der Waals surface area contributed by atoms with Crippen molar-refractivity contribution in [3.8, 4) is 17.7 Å². The number of rotatable bonds is 4. The van der Waals surface area contributed by atoms with Gasteiger partial charge >= 0.3 is 0 Å². The summed E-state index contributed by atoms with van der Waals surface area (Å²) < 4.78 is 5.82. The lowest BCUT2D eigenvalue weighted by atomic mass is 9.98. The molecular formula is C16H17N3O. The second-order valence-electron chi connectivity index (χ2n) is 4.68. The fourth-order valence-electron chi connectivity index (χ4n) is 1.93. The number of nitrogen functional groups attached to an aromatic ring is 1. The summed E-state index contributed by atoms with van der Waals surface area (Å²) in [4.78, 5) is 4.10. The molecule has 4 nitrogen and oxygen atoms in total. The topological polar surface area (TPSA) is 71.9 Å². The molecule has 0 aliphatic rings. The van der Waals surface area contributed by atoms with E-state index in [2.05, 4.69) is 24.9 Å². The molecule has 0 bridgehead atoms. The van der Waals surface area contributed by atoms with Gasteiger partial charge in [-0.3, -0.25) is 0 Å². The number of nitrogens with two attached hydrogens (primary N) is 1. The molecule has 2 rings (SSSR count). The summed E-state index contributed by atoms with van der Waals surface area (Å²) in [6.07, 6.45) is 2.50. The smallest absolute Gasteiger partial charge is 0.237 e. The first-order chi connectivity index (χ1) is 9.65. The minimum absolute atomic E-state index is 0.289. The minimum Gasteiger partial charge on any atom is -0.437 e. The van der Waals surface area contributed by atoms with Crippen LogP contribution in [0.3, 0.4) is 0 Å². The average Bonchev–Trinajstić information content (AvgIpc) is 2.48. The molecule has 102 valence electrons. The minimum atomic E-state index is 0.289. The van der Waals surface area contributed by atoms with Gasteiger partial charge in [0.05, 0.1) is 11.9 Å².